The maximum atomic E-state index is 14.2. The van der Waals surface area contributed by atoms with E-state index in [1.807, 2.05) is 20.8 Å². The van der Waals surface area contributed by atoms with Crippen molar-refractivity contribution in [1.82, 2.24) is 15.1 Å². The first-order valence-corrected chi connectivity index (χ1v) is 16.4. The van der Waals surface area contributed by atoms with Gasteiger partial charge in [-0.25, -0.2) is 9.59 Å². The van der Waals surface area contributed by atoms with Gasteiger partial charge >= 0.3 is 12.2 Å². The van der Waals surface area contributed by atoms with Crippen molar-refractivity contribution in [2.45, 2.75) is 97.4 Å². The molecule has 0 aromatic heterocycles. The molecule has 2 saturated heterocycles. The number of aryl methyl sites for hydroxylation is 1. The zero-order valence-electron chi connectivity index (χ0n) is 28.3. The van der Waals surface area contributed by atoms with Crippen molar-refractivity contribution >= 4 is 35.7 Å². The SMILES string of the molecule is CCC(=O)NCCN1C(=O)C(C)(C)Oc2cc(C)c(C(=O)N(C(C)C)[C@@H]3CCCN(C(=O)OCOC(=O)OC4CCOCC4)C3)cc21. The monoisotopic (exact) mass is 660 g/mol. The molecule has 260 valence electrons. The van der Waals surface area contributed by atoms with E-state index in [2.05, 4.69) is 5.32 Å². The van der Waals surface area contributed by atoms with Gasteiger partial charge < -0.3 is 43.7 Å². The van der Waals surface area contributed by atoms with Crippen molar-refractivity contribution in [2.24, 2.45) is 0 Å². The molecule has 1 aromatic rings. The fourth-order valence-corrected chi connectivity index (χ4v) is 6.09. The van der Waals surface area contributed by atoms with Crippen LogP contribution < -0.4 is 15.0 Å². The van der Waals surface area contributed by atoms with Crippen LogP contribution in [0.2, 0.25) is 0 Å². The number of hydrogen-bond donors (Lipinski definition) is 1. The summed E-state index contributed by atoms with van der Waals surface area (Å²) >= 11 is 0. The second-order valence-electron chi connectivity index (χ2n) is 12.8. The van der Waals surface area contributed by atoms with E-state index in [9.17, 15) is 24.0 Å². The lowest BCUT2D eigenvalue weighted by molar-refractivity contribution is -0.132. The number of hydrogen-bond acceptors (Lipinski definition) is 10. The van der Waals surface area contributed by atoms with Gasteiger partial charge in [-0.3, -0.25) is 14.4 Å². The second kappa shape index (κ2) is 15.7. The summed E-state index contributed by atoms with van der Waals surface area (Å²) < 4.78 is 26.7. The fourth-order valence-electron chi connectivity index (χ4n) is 6.09. The molecule has 4 rings (SSSR count). The Morgan fingerprint density at radius 3 is 2.51 bits per heavy atom. The molecule has 0 saturated carbocycles. The number of benzene rings is 1. The standard InChI is InChI=1S/C33H48N4O10/c1-7-28(38)34-12-14-36-26-18-25(22(4)17-27(26)47-33(5,6)30(36)40)29(39)37(21(2)3)23-9-8-13-35(19-23)31(41)44-20-45-32(42)46-24-10-15-43-16-11-24/h17-18,21,23-24H,7-16,19-20H2,1-6H3,(H,34,38)/t23-/m1/s1. The van der Waals surface area contributed by atoms with Crippen molar-refractivity contribution in [2.75, 3.05) is 51.1 Å². The number of ether oxygens (including phenoxy) is 5. The van der Waals surface area contributed by atoms with Crippen molar-refractivity contribution in [3.63, 3.8) is 0 Å². The predicted molar refractivity (Wildman–Crippen MR) is 170 cm³/mol. The van der Waals surface area contributed by atoms with E-state index in [1.165, 1.54) is 4.90 Å². The van der Waals surface area contributed by atoms with E-state index >= 15 is 0 Å². The number of anilines is 1. The van der Waals surface area contributed by atoms with E-state index in [-0.39, 0.29) is 55.5 Å². The average molecular weight is 661 g/mol. The summed E-state index contributed by atoms with van der Waals surface area (Å²) in [5, 5.41) is 2.81. The number of amides is 4. The molecule has 4 amide bonds. The van der Waals surface area contributed by atoms with E-state index < -0.39 is 24.6 Å². The highest BCUT2D eigenvalue weighted by Gasteiger charge is 2.42. The highest BCUT2D eigenvalue weighted by molar-refractivity contribution is 6.05. The van der Waals surface area contributed by atoms with Crippen LogP contribution in [0.15, 0.2) is 12.1 Å². The Bertz CT molecular complexity index is 1330. The Hall–Kier alpha value is -4.07. The summed E-state index contributed by atoms with van der Waals surface area (Å²) in [6.07, 6.45) is 0.965. The number of likely N-dealkylation sites (tertiary alicyclic amines) is 1. The molecular weight excluding hydrogens is 612 g/mol. The van der Waals surface area contributed by atoms with Crippen LogP contribution in [0.1, 0.15) is 82.6 Å². The van der Waals surface area contributed by atoms with E-state index in [0.717, 1.165) is 0 Å². The molecule has 3 aliphatic heterocycles. The summed E-state index contributed by atoms with van der Waals surface area (Å²) in [5.74, 6) is -0.159. The number of nitrogens with one attached hydrogen (secondary N) is 1. The predicted octanol–water partition coefficient (Wildman–Crippen LogP) is 3.77. The van der Waals surface area contributed by atoms with Gasteiger partial charge in [0.2, 0.25) is 12.7 Å². The zero-order valence-corrected chi connectivity index (χ0v) is 28.3. The Morgan fingerprint density at radius 2 is 1.83 bits per heavy atom. The molecule has 0 bridgehead atoms. The first-order valence-electron chi connectivity index (χ1n) is 16.4. The normalized spacial score (nSPS) is 19.4. The van der Waals surface area contributed by atoms with Gasteiger partial charge in [-0.05, 0) is 65.2 Å². The van der Waals surface area contributed by atoms with Crippen LogP contribution in [0.3, 0.4) is 0 Å². The Kier molecular flexibility index (Phi) is 11.9. The summed E-state index contributed by atoms with van der Waals surface area (Å²) in [6.45, 7) is 12.4. The largest absolute Gasteiger partial charge is 0.511 e. The molecular formula is C33H48N4O10. The van der Waals surface area contributed by atoms with Crippen molar-refractivity contribution < 1.29 is 47.7 Å². The number of piperidine rings is 1. The number of fused-ring (bicyclic) bond motifs is 1. The summed E-state index contributed by atoms with van der Waals surface area (Å²) in [4.78, 5) is 69.2. The van der Waals surface area contributed by atoms with E-state index in [1.54, 1.807) is 42.7 Å². The number of rotatable bonds is 10. The molecule has 0 aliphatic carbocycles. The molecule has 2 fully saturated rings. The van der Waals surface area contributed by atoms with Gasteiger partial charge in [0.15, 0.2) is 5.60 Å². The van der Waals surface area contributed by atoms with Crippen LogP contribution in [0.4, 0.5) is 15.3 Å². The smallest absolute Gasteiger partial charge is 0.476 e. The molecule has 0 radical (unpaired) electrons. The van der Waals surface area contributed by atoms with Crippen LogP contribution in [0.25, 0.3) is 0 Å². The molecule has 1 atom stereocenters. The number of nitrogens with zero attached hydrogens (tertiary/aromatic N) is 3. The van der Waals surface area contributed by atoms with Gasteiger partial charge in [0.05, 0.1) is 24.9 Å². The van der Waals surface area contributed by atoms with Crippen LogP contribution in [0, 0.1) is 6.92 Å². The van der Waals surface area contributed by atoms with Gasteiger partial charge in [0.25, 0.3) is 11.8 Å². The number of carbonyl (C=O) groups excluding carboxylic acids is 5. The van der Waals surface area contributed by atoms with Crippen molar-refractivity contribution in [1.29, 1.82) is 0 Å². The van der Waals surface area contributed by atoms with Crippen LogP contribution in [0.5, 0.6) is 5.75 Å². The lowest BCUT2D eigenvalue weighted by Gasteiger charge is -2.42. The van der Waals surface area contributed by atoms with Gasteiger partial charge in [-0.1, -0.05) is 6.92 Å². The topological polar surface area (TPSA) is 153 Å². The maximum absolute atomic E-state index is 14.2. The fraction of sp³-hybridized carbons (Fsp3) is 0.667. The van der Waals surface area contributed by atoms with Crippen LogP contribution in [-0.4, -0.2) is 110 Å². The van der Waals surface area contributed by atoms with Gasteiger partial charge in [0.1, 0.15) is 11.9 Å². The molecule has 47 heavy (non-hydrogen) atoms. The highest BCUT2D eigenvalue weighted by Crippen LogP contribution is 2.40. The molecule has 14 nitrogen and oxygen atoms in total. The molecule has 1 N–H and O–H groups in total. The second-order valence-corrected chi connectivity index (χ2v) is 12.8. The minimum absolute atomic E-state index is 0.122. The molecule has 1 aromatic carbocycles. The summed E-state index contributed by atoms with van der Waals surface area (Å²) in [7, 11) is 0. The lowest BCUT2D eigenvalue weighted by Crippen LogP contribution is -2.55. The van der Waals surface area contributed by atoms with Crippen molar-refractivity contribution in [3.05, 3.63) is 23.3 Å². The van der Waals surface area contributed by atoms with Crippen molar-refractivity contribution in [3.8, 4) is 5.75 Å². The minimum Gasteiger partial charge on any atom is -0.476 e. The Morgan fingerprint density at radius 1 is 1.11 bits per heavy atom. The first kappa shape index (κ1) is 35.8. The summed E-state index contributed by atoms with van der Waals surface area (Å²) in [5.41, 5.74) is 0.426. The van der Waals surface area contributed by atoms with Crippen LogP contribution in [-0.2, 0) is 28.5 Å². The average Bonchev–Trinajstić information content (AvgIpc) is 3.02. The first-order chi connectivity index (χ1) is 22.3. The Balaban J connectivity index is 1.44. The van der Waals surface area contributed by atoms with E-state index in [4.69, 9.17) is 23.7 Å². The molecule has 3 heterocycles. The third kappa shape index (κ3) is 8.85. The molecule has 3 aliphatic rings. The third-order valence-corrected chi connectivity index (χ3v) is 8.56. The minimum atomic E-state index is -1.12. The van der Waals surface area contributed by atoms with Crippen LogP contribution >= 0.6 is 0 Å². The Labute approximate surface area is 275 Å². The highest BCUT2D eigenvalue weighted by atomic mass is 16.8. The molecule has 0 spiro atoms. The van der Waals surface area contributed by atoms with E-state index in [0.29, 0.717) is 74.4 Å². The van der Waals surface area contributed by atoms with Gasteiger partial charge in [-0.15, -0.1) is 0 Å². The summed E-state index contributed by atoms with van der Waals surface area (Å²) in [6, 6.07) is 2.93. The maximum Gasteiger partial charge on any atom is 0.511 e. The zero-order chi connectivity index (χ0) is 34.3. The molecule has 14 heteroatoms. The van der Waals surface area contributed by atoms with Gasteiger partial charge in [0, 0.05) is 57.0 Å². The number of carbonyl (C=O) groups is 5. The van der Waals surface area contributed by atoms with Gasteiger partial charge in [-0.2, -0.15) is 0 Å². The third-order valence-electron chi connectivity index (χ3n) is 8.56. The molecule has 0 unspecified atom stereocenters. The lowest BCUT2D eigenvalue weighted by atomic mass is 9.97. The quantitative estimate of drug-likeness (QED) is 0.290.